The first-order valence-corrected chi connectivity index (χ1v) is 9.55. The number of hydrogen-bond donors (Lipinski definition) is 0. The summed E-state index contributed by atoms with van der Waals surface area (Å²) in [6.45, 7) is 0. The molecule has 4 aromatic rings. The molecule has 154 valence electrons. The summed E-state index contributed by atoms with van der Waals surface area (Å²) in [5.74, 6) is -5.78. The minimum absolute atomic E-state index is 0.101. The van der Waals surface area contributed by atoms with Crippen LogP contribution in [-0.2, 0) is 0 Å². The second-order valence-electron chi connectivity index (χ2n) is 6.99. The molecule has 0 aliphatic heterocycles. The van der Waals surface area contributed by atoms with Crippen LogP contribution in [0.3, 0.4) is 0 Å². The molecule has 0 spiro atoms. The predicted molar refractivity (Wildman–Crippen MR) is 110 cm³/mol. The summed E-state index contributed by atoms with van der Waals surface area (Å²) in [6.07, 6.45) is 0. The molecule has 0 atom stereocenters. The normalized spacial score (nSPS) is 11.0. The number of rotatable bonds is 5. The zero-order valence-corrected chi connectivity index (χ0v) is 16.2. The highest BCUT2D eigenvalue weighted by Gasteiger charge is 2.31. The van der Waals surface area contributed by atoms with Gasteiger partial charge < -0.3 is 0 Å². The van der Waals surface area contributed by atoms with Gasteiger partial charge in [0.1, 0.15) is 23.3 Å². The second kappa shape index (κ2) is 8.56. The number of halogens is 4. The van der Waals surface area contributed by atoms with Crippen molar-refractivity contribution in [2.45, 2.75) is 5.92 Å². The molecule has 0 fully saturated rings. The Labute approximate surface area is 176 Å². The first-order valence-electron chi connectivity index (χ1n) is 9.55. The van der Waals surface area contributed by atoms with Crippen molar-refractivity contribution in [1.29, 1.82) is 0 Å². The Morgan fingerprint density at radius 2 is 1.00 bits per heavy atom. The minimum atomic E-state index is -1.51. The largest absolute Gasteiger partial charge is 0.289 e. The van der Waals surface area contributed by atoms with E-state index in [0.29, 0.717) is 5.56 Å². The van der Waals surface area contributed by atoms with Crippen molar-refractivity contribution >= 4 is 5.78 Å². The molecule has 0 heterocycles. The van der Waals surface area contributed by atoms with Gasteiger partial charge >= 0.3 is 0 Å². The fraction of sp³-hybridized carbons (Fsp3) is 0.0385. The molecule has 4 aromatic carbocycles. The van der Waals surface area contributed by atoms with E-state index in [1.54, 1.807) is 42.5 Å². The highest BCUT2D eigenvalue weighted by Crippen LogP contribution is 2.39. The van der Waals surface area contributed by atoms with Crippen LogP contribution in [0.1, 0.15) is 38.5 Å². The predicted octanol–water partition coefficient (Wildman–Crippen LogP) is 6.65. The van der Waals surface area contributed by atoms with Gasteiger partial charge in [0.2, 0.25) is 0 Å². The van der Waals surface area contributed by atoms with Crippen molar-refractivity contribution < 1.29 is 22.4 Å². The molecule has 0 amide bonds. The maximum absolute atomic E-state index is 14.8. The molecule has 4 rings (SSSR count). The number of carbonyl (C=O) groups is 1. The minimum Gasteiger partial charge on any atom is -0.289 e. The summed E-state index contributed by atoms with van der Waals surface area (Å²) < 4.78 is 59.3. The van der Waals surface area contributed by atoms with E-state index in [2.05, 4.69) is 0 Å². The Hall–Kier alpha value is -3.73. The van der Waals surface area contributed by atoms with E-state index in [0.717, 1.165) is 24.3 Å². The summed E-state index contributed by atoms with van der Waals surface area (Å²) in [6, 6.07) is 20.8. The first kappa shape index (κ1) is 20.5. The van der Waals surface area contributed by atoms with E-state index in [1.165, 1.54) is 24.3 Å². The maximum Gasteiger partial charge on any atom is 0.193 e. The van der Waals surface area contributed by atoms with E-state index < -0.39 is 46.1 Å². The van der Waals surface area contributed by atoms with Gasteiger partial charge in [0.15, 0.2) is 5.78 Å². The van der Waals surface area contributed by atoms with Crippen LogP contribution in [0.15, 0.2) is 91.0 Å². The Bertz CT molecular complexity index is 1160. The molecule has 0 unspecified atom stereocenters. The number of hydrogen-bond acceptors (Lipinski definition) is 1. The summed E-state index contributed by atoms with van der Waals surface area (Å²) in [4.78, 5) is 13.2. The molecule has 5 heteroatoms. The Morgan fingerprint density at radius 3 is 1.52 bits per heavy atom. The molecule has 0 aliphatic carbocycles. The lowest BCUT2D eigenvalue weighted by atomic mass is 9.80. The molecule has 1 nitrogen and oxygen atoms in total. The molecule has 31 heavy (non-hydrogen) atoms. The van der Waals surface area contributed by atoms with Crippen molar-refractivity contribution in [3.63, 3.8) is 0 Å². The highest BCUT2D eigenvalue weighted by molar-refractivity contribution is 6.10. The van der Waals surface area contributed by atoms with Crippen LogP contribution in [0.4, 0.5) is 17.6 Å². The summed E-state index contributed by atoms with van der Waals surface area (Å²) in [5, 5.41) is 0. The third-order valence-corrected chi connectivity index (χ3v) is 5.13. The summed E-state index contributed by atoms with van der Waals surface area (Å²) in [5.41, 5.74) is -0.510. The molecule has 0 aliphatic rings. The van der Waals surface area contributed by atoms with Gasteiger partial charge in [-0.2, -0.15) is 0 Å². The highest BCUT2D eigenvalue weighted by atomic mass is 19.1. The van der Waals surface area contributed by atoms with Crippen molar-refractivity contribution in [3.05, 3.63) is 142 Å². The van der Waals surface area contributed by atoms with E-state index in [4.69, 9.17) is 0 Å². The zero-order chi connectivity index (χ0) is 22.0. The summed E-state index contributed by atoms with van der Waals surface area (Å²) >= 11 is 0. The lowest BCUT2D eigenvalue weighted by Crippen LogP contribution is -2.16. The van der Waals surface area contributed by atoms with E-state index >= 15 is 0 Å². The van der Waals surface area contributed by atoms with Crippen molar-refractivity contribution in [3.8, 4) is 0 Å². The topological polar surface area (TPSA) is 17.1 Å². The fourth-order valence-corrected chi connectivity index (χ4v) is 3.73. The first-order chi connectivity index (χ1) is 15.0. The average Bonchev–Trinajstić information content (AvgIpc) is 2.78. The molecule has 0 saturated carbocycles. The van der Waals surface area contributed by atoms with Crippen molar-refractivity contribution in [1.82, 2.24) is 0 Å². The van der Waals surface area contributed by atoms with Crippen LogP contribution in [0.25, 0.3) is 0 Å². The average molecular weight is 420 g/mol. The van der Waals surface area contributed by atoms with Crippen LogP contribution >= 0.6 is 0 Å². The zero-order valence-electron chi connectivity index (χ0n) is 16.2. The van der Waals surface area contributed by atoms with Crippen LogP contribution < -0.4 is 0 Å². The smallest absolute Gasteiger partial charge is 0.193 e. The number of benzene rings is 4. The van der Waals surface area contributed by atoms with Gasteiger partial charge in [-0.05, 0) is 29.8 Å². The lowest BCUT2D eigenvalue weighted by Gasteiger charge is -2.23. The third-order valence-electron chi connectivity index (χ3n) is 5.13. The monoisotopic (exact) mass is 420 g/mol. The standard InChI is InChI=1S/C26H16F4O/c27-19-12-6-13-20(28)24(19)23(25-21(29)14-7-15-22(25)30)17-10-4-5-11-18(17)26(31)16-8-2-1-3-9-16/h1-15,23H. The Kier molecular flexibility index (Phi) is 5.67. The summed E-state index contributed by atoms with van der Waals surface area (Å²) in [7, 11) is 0. The quantitative estimate of drug-likeness (QED) is 0.201. The molecule has 0 radical (unpaired) electrons. The van der Waals surface area contributed by atoms with Gasteiger partial charge in [-0.3, -0.25) is 4.79 Å². The van der Waals surface area contributed by atoms with E-state index in [9.17, 15) is 22.4 Å². The molecule has 0 aromatic heterocycles. The Balaban J connectivity index is 2.02. The van der Waals surface area contributed by atoms with Gasteiger partial charge in [0, 0.05) is 28.2 Å². The third kappa shape index (κ3) is 3.87. The van der Waals surface area contributed by atoms with Gasteiger partial charge in [-0.15, -0.1) is 0 Å². The fourth-order valence-electron chi connectivity index (χ4n) is 3.73. The molecule has 0 bridgehead atoms. The molecule has 0 saturated heterocycles. The Morgan fingerprint density at radius 1 is 0.548 bits per heavy atom. The lowest BCUT2D eigenvalue weighted by molar-refractivity contribution is 0.103. The van der Waals surface area contributed by atoms with E-state index in [1.807, 2.05) is 0 Å². The van der Waals surface area contributed by atoms with Gasteiger partial charge in [-0.25, -0.2) is 17.6 Å². The molecular formula is C26H16F4O. The molecular weight excluding hydrogens is 404 g/mol. The maximum atomic E-state index is 14.8. The van der Waals surface area contributed by atoms with Crippen molar-refractivity contribution in [2.24, 2.45) is 0 Å². The van der Waals surface area contributed by atoms with Crippen LogP contribution in [0.5, 0.6) is 0 Å². The van der Waals surface area contributed by atoms with Crippen LogP contribution in [0, 0.1) is 23.3 Å². The van der Waals surface area contributed by atoms with Crippen LogP contribution in [-0.4, -0.2) is 5.78 Å². The van der Waals surface area contributed by atoms with Crippen LogP contribution in [0.2, 0.25) is 0 Å². The van der Waals surface area contributed by atoms with Gasteiger partial charge in [0.05, 0.1) is 0 Å². The molecule has 0 N–H and O–H groups in total. The number of ketones is 1. The second-order valence-corrected chi connectivity index (χ2v) is 6.99. The van der Waals surface area contributed by atoms with Crippen molar-refractivity contribution in [2.75, 3.05) is 0 Å². The number of carbonyl (C=O) groups excluding carboxylic acids is 1. The van der Waals surface area contributed by atoms with E-state index in [-0.39, 0.29) is 11.1 Å². The van der Waals surface area contributed by atoms with Gasteiger partial charge in [0.25, 0.3) is 0 Å². The SMILES string of the molecule is O=C(c1ccccc1)c1ccccc1C(c1c(F)cccc1F)c1c(F)cccc1F. The van der Waals surface area contributed by atoms with Gasteiger partial charge in [-0.1, -0.05) is 66.7 Å².